The van der Waals surface area contributed by atoms with Gasteiger partial charge in [-0.15, -0.1) is 0 Å². The minimum atomic E-state index is 0.853. The van der Waals surface area contributed by atoms with Gasteiger partial charge in [0.1, 0.15) is 5.82 Å². The van der Waals surface area contributed by atoms with Crippen LogP contribution in [0.4, 0.5) is 5.82 Å². The average molecular weight is 254 g/mol. The molecule has 5 heteroatoms. The molecule has 1 aromatic rings. The summed E-state index contributed by atoms with van der Waals surface area (Å²) in [6.45, 7) is 5.42. The van der Waals surface area contributed by atoms with E-state index in [-0.39, 0.29) is 0 Å². The van der Waals surface area contributed by atoms with Crippen LogP contribution in [0.15, 0.2) is 6.07 Å². The molecular formula is C12H22N4S. The number of nitrogens with zero attached hydrogens (tertiary/aromatic N) is 2. The van der Waals surface area contributed by atoms with Crippen LogP contribution in [0.2, 0.25) is 0 Å². The van der Waals surface area contributed by atoms with Gasteiger partial charge < -0.3 is 10.6 Å². The molecule has 1 aliphatic heterocycles. The van der Waals surface area contributed by atoms with Crippen LogP contribution in [-0.4, -0.2) is 40.4 Å². The third-order valence-corrected chi connectivity index (χ3v) is 4.43. The Bertz CT molecular complexity index is 344. The van der Waals surface area contributed by atoms with Crippen molar-refractivity contribution < 1.29 is 0 Å². The Balaban J connectivity index is 1.64. The standard InChI is InChI=1S/C12H22N4S/c1-10-9-12(16(2)15-10)14-7-8-17-11-3-5-13-6-4-11/h9,11,13-14H,3-8H2,1-2H3. The van der Waals surface area contributed by atoms with Crippen molar-refractivity contribution in [1.82, 2.24) is 15.1 Å². The van der Waals surface area contributed by atoms with Gasteiger partial charge in [-0.05, 0) is 32.9 Å². The molecule has 1 saturated heterocycles. The van der Waals surface area contributed by atoms with E-state index >= 15 is 0 Å². The van der Waals surface area contributed by atoms with E-state index in [0.29, 0.717) is 0 Å². The highest BCUT2D eigenvalue weighted by Crippen LogP contribution is 2.19. The van der Waals surface area contributed by atoms with E-state index in [2.05, 4.69) is 33.6 Å². The van der Waals surface area contributed by atoms with E-state index in [4.69, 9.17) is 0 Å². The first kappa shape index (κ1) is 12.8. The molecule has 0 bridgehead atoms. The first-order chi connectivity index (χ1) is 8.25. The first-order valence-electron chi connectivity index (χ1n) is 6.32. The van der Waals surface area contributed by atoms with Crippen LogP contribution in [0.25, 0.3) is 0 Å². The molecule has 17 heavy (non-hydrogen) atoms. The van der Waals surface area contributed by atoms with E-state index in [9.17, 15) is 0 Å². The predicted octanol–water partition coefficient (Wildman–Crippen LogP) is 1.63. The Morgan fingerprint density at radius 1 is 1.53 bits per heavy atom. The van der Waals surface area contributed by atoms with E-state index < -0.39 is 0 Å². The molecule has 0 aromatic carbocycles. The lowest BCUT2D eigenvalue weighted by atomic mass is 10.2. The molecular weight excluding hydrogens is 232 g/mol. The number of aromatic nitrogens is 2. The molecule has 2 heterocycles. The van der Waals surface area contributed by atoms with Gasteiger partial charge in [0.2, 0.25) is 0 Å². The third kappa shape index (κ3) is 3.92. The maximum atomic E-state index is 4.32. The monoisotopic (exact) mass is 254 g/mol. The summed E-state index contributed by atoms with van der Waals surface area (Å²) in [5.74, 6) is 2.29. The summed E-state index contributed by atoms with van der Waals surface area (Å²) in [6, 6.07) is 2.09. The summed E-state index contributed by atoms with van der Waals surface area (Å²) >= 11 is 2.10. The molecule has 96 valence electrons. The molecule has 0 saturated carbocycles. The van der Waals surface area contributed by atoms with Crippen LogP contribution in [0.5, 0.6) is 0 Å². The van der Waals surface area contributed by atoms with E-state index in [1.54, 1.807) is 0 Å². The fourth-order valence-electron chi connectivity index (χ4n) is 2.14. The van der Waals surface area contributed by atoms with Crippen molar-refractivity contribution in [3.63, 3.8) is 0 Å². The Labute approximate surface area is 108 Å². The molecule has 1 fully saturated rings. The molecule has 0 spiro atoms. The highest BCUT2D eigenvalue weighted by atomic mass is 32.2. The predicted molar refractivity (Wildman–Crippen MR) is 74.8 cm³/mol. The minimum Gasteiger partial charge on any atom is -0.369 e. The minimum absolute atomic E-state index is 0.853. The number of aryl methyl sites for hydroxylation is 2. The van der Waals surface area contributed by atoms with Crippen LogP contribution >= 0.6 is 11.8 Å². The number of piperidine rings is 1. The number of nitrogens with one attached hydrogen (secondary N) is 2. The summed E-state index contributed by atoms with van der Waals surface area (Å²) in [5.41, 5.74) is 1.07. The number of rotatable bonds is 5. The summed E-state index contributed by atoms with van der Waals surface area (Å²) in [7, 11) is 1.98. The van der Waals surface area contributed by atoms with Crippen molar-refractivity contribution in [2.24, 2.45) is 7.05 Å². The lowest BCUT2D eigenvalue weighted by molar-refractivity contribution is 0.531. The van der Waals surface area contributed by atoms with Gasteiger partial charge in [0, 0.05) is 30.7 Å². The normalized spacial score (nSPS) is 17.3. The Morgan fingerprint density at radius 3 is 2.94 bits per heavy atom. The second-order valence-corrected chi connectivity index (χ2v) is 5.95. The van der Waals surface area contributed by atoms with Crippen LogP contribution in [-0.2, 0) is 7.05 Å². The van der Waals surface area contributed by atoms with Crippen molar-refractivity contribution in [3.8, 4) is 0 Å². The second-order valence-electron chi connectivity index (χ2n) is 4.54. The highest BCUT2D eigenvalue weighted by molar-refractivity contribution is 7.99. The summed E-state index contributed by atoms with van der Waals surface area (Å²) in [6.07, 6.45) is 2.63. The molecule has 0 unspecified atom stereocenters. The van der Waals surface area contributed by atoms with Crippen molar-refractivity contribution in [2.45, 2.75) is 25.0 Å². The third-order valence-electron chi connectivity index (χ3n) is 3.05. The second kappa shape index (κ2) is 6.31. The van der Waals surface area contributed by atoms with Gasteiger partial charge in [0.25, 0.3) is 0 Å². The Hall–Kier alpha value is -0.680. The number of hydrogen-bond donors (Lipinski definition) is 2. The molecule has 0 aliphatic carbocycles. The van der Waals surface area contributed by atoms with Crippen LogP contribution in [0.1, 0.15) is 18.5 Å². The fraction of sp³-hybridized carbons (Fsp3) is 0.750. The van der Waals surface area contributed by atoms with Crippen molar-refractivity contribution in [2.75, 3.05) is 30.7 Å². The number of hydrogen-bond acceptors (Lipinski definition) is 4. The van der Waals surface area contributed by atoms with Gasteiger partial charge in [-0.25, -0.2) is 0 Å². The average Bonchev–Trinajstić information content (AvgIpc) is 2.65. The maximum Gasteiger partial charge on any atom is 0.124 e. The van der Waals surface area contributed by atoms with Crippen molar-refractivity contribution in [3.05, 3.63) is 11.8 Å². The van der Waals surface area contributed by atoms with Gasteiger partial charge in [0.05, 0.1) is 5.69 Å². The summed E-state index contributed by atoms with van der Waals surface area (Å²) in [5, 5.41) is 12.0. The Morgan fingerprint density at radius 2 is 2.29 bits per heavy atom. The highest BCUT2D eigenvalue weighted by Gasteiger charge is 2.12. The van der Waals surface area contributed by atoms with Gasteiger partial charge in [-0.1, -0.05) is 0 Å². The van der Waals surface area contributed by atoms with Crippen LogP contribution < -0.4 is 10.6 Å². The topological polar surface area (TPSA) is 41.9 Å². The van der Waals surface area contributed by atoms with E-state index in [1.807, 2.05) is 18.7 Å². The summed E-state index contributed by atoms with van der Waals surface area (Å²) in [4.78, 5) is 0. The molecule has 2 N–H and O–H groups in total. The van der Waals surface area contributed by atoms with Crippen LogP contribution in [0, 0.1) is 6.92 Å². The smallest absolute Gasteiger partial charge is 0.124 e. The lowest BCUT2D eigenvalue weighted by Gasteiger charge is -2.22. The maximum absolute atomic E-state index is 4.32. The van der Waals surface area contributed by atoms with Gasteiger partial charge in [-0.3, -0.25) is 4.68 Å². The molecule has 2 rings (SSSR count). The van der Waals surface area contributed by atoms with Gasteiger partial charge in [0.15, 0.2) is 0 Å². The largest absolute Gasteiger partial charge is 0.369 e. The fourth-order valence-corrected chi connectivity index (χ4v) is 3.27. The molecule has 0 radical (unpaired) electrons. The van der Waals surface area contributed by atoms with E-state index in [0.717, 1.165) is 23.3 Å². The first-order valence-corrected chi connectivity index (χ1v) is 7.37. The lowest BCUT2D eigenvalue weighted by Crippen LogP contribution is -2.29. The van der Waals surface area contributed by atoms with Gasteiger partial charge >= 0.3 is 0 Å². The molecule has 0 amide bonds. The van der Waals surface area contributed by atoms with Crippen molar-refractivity contribution in [1.29, 1.82) is 0 Å². The molecule has 0 atom stereocenters. The summed E-state index contributed by atoms with van der Waals surface area (Å²) < 4.78 is 1.91. The zero-order chi connectivity index (χ0) is 12.1. The molecule has 1 aliphatic rings. The molecule has 1 aromatic heterocycles. The van der Waals surface area contributed by atoms with Crippen LogP contribution in [0.3, 0.4) is 0 Å². The van der Waals surface area contributed by atoms with E-state index in [1.165, 1.54) is 31.7 Å². The zero-order valence-corrected chi connectivity index (χ0v) is 11.5. The number of anilines is 1. The van der Waals surface area contributed by atoms with Crippen molar-refractivity contribution >= 4 is 17.6 Å². The molecule has 4 nitrogen and oxygen atoms in total. The SMILES string of the molecule is Cc1cc(NCCSC2CCNCC2)n(C)n1. The Kier molecular flexibility index (Phi) is 4.74. The number of thioether (sulfide) groups is 1. The van der Waals surface area contributed by atoms with Gasteiger partial charge in [-0.2, -0.15) is 16.9 Å². The quantitative estimate of drug-likeness (QED) is 0.784. The zero-order valence-electron chi connectivity index (χ0n) is 10.7.